The molecule has 242 valence electrons. The Labute approximate surface area is 302 Å². The van der Waals surface area contributed by atoms with Crippen LogP contribution in [0.1, 0.15) is 0 Å². The first-order chi connectivity index (χ1) is 25.8. The molecule has 5 heteroatoms. The van der Waals surface area contributed by atoms with E-state index in [1.165, 1.54) is 58.3 Å². The number of nitrogens with zero attached hydrogens (tertiary/aromatic N) is 4. The molecular weight excluding hydrogens is 653 g/mol. The van der Waals surface area contributed by atoms with Gasteiger partial charge in [0.05, 0.1) is 21.3 Å². The monoisotopic (exact) mass is 680 g/mol. The average Bonchev–Trinajstić information content (AvgIpc) is 3.78. The van der Waals surface area contributed by atoms with Crippen LogP contribution in [0, 0.1) is 0 Å². The quantitative estimate of drug-likeness (QED) is 0.186. The van der Waals surface area contributed by atoms with Gasteiger partial charge < -0.3 is 4.57 Å². The maximum atomic E-state index is 5.23. The predicted octanol–water partition coefficient (Wildman–Crippen LogP) is 12.6. The summed E-state index contributed by atoms with van der Waals surface area (Å²) in [5, 5.41) is 7.71. The van der Waals surface area contributed by atoms with Crippen molar-refractivity contribution in [3.63, 3.8) is 0 Å². The van der Waals surface area contributed by atoms with Gasteiger partial charge in [0.15, 0.2) is 5.82 Å². The van der Waals surface area contributed by atoms with Gasteiger partial charge in [-0.1, -0.05) is 127 Å². The van der Waals surface area contributed by atoms with Crippen molar-refractivity contribution in [3.8, 4) is 39.5 Å². The summed E-state index contributed by atoms with van der Waals surface area (Å²) in [6.45, 7) is 0. The Morgan fingerprint density at radius 2 is 1.15 bits per heavy atom. The molecule has 0 radical (unpaired) electrons. The second-order valence-electron chi connectivity index (χ2n) is 13.2. The van der Waals surface area contributed by atoms with Gasteiger partial charge in [0, 0.05) is 49.3 Å². The minimum atomic E-state index is 0.669. The molecule has 0 bridgehead atoms. The molecule has 0 N–H and O–H groups in total. The topological polar surface area (TPSA) is 43.6 Å². The molecule has 0 spiro atoms. The zero-order chi connectivity index (χ0) is 34.2. The molecule has 0 aliphatic rings. The van der Waals surface area contributed by atoms with Gasteiger partial charge in [-0.3, -0.25) is 4.98 Å². The lowest BCUT2D eigenvalue weighted by molar-refractivity contribution is 1.17. The maximum absolute atomic E-state index is 5.23. The summed E-state index contributed by atoms with van der Waals surface area (Å²) in [6.07, 6.45) is 1.81. The molecule has 0 fully saturated rings. The molecule has 0 aliphatic heterocycles. The Bertz CT molecular complexity index is 3180. The van der Waals surface area contributed by atoms with Gasteiger partial charge in [0.2, 0.25) is 0 Å². The third-order valence-corrected chi connectivity index (χ3v) is 11.4. The fraction of sp³-hybridized carbons (Fsp3) is 0. The van der Waals surface area contributed by atoms with Crippen molar-refractivity contribution in [1.29, 1.82) is 0 Å². The first-order valence-electron chi connectivity index (χ1n) is 17.4. The predicted molar refractivity (Wildman–Crippen MR) is 218 cm³/mol. The van der Waals surface area contributed by atoms with Gasteiger partial charge in [-0.05, 0) is 58.3 Å². The van der Waals surface area contributed by atoms with Crippen molar-refractivity contribution in [2.75, 3.05) is 0 Å². The van der Waals surface area contributed by atoms with E-state index in [-0.39, 0.29) is 0 Å². The van der Waals surface area contributed by atoms with Gasteiger partial charge in [-0.15, -0.1) is 11.3 Å². The van der Waals surface area contributed by atoms with E-state index >= 15 is 0 Å². The van der Waals surface area contributed by atoms with E-state index in [2.05, 4.69) is 150 Å². The smallest absolute Gasteiger partial charge is 0.160 e. The molecule has 11 aromatic rings. The standard InChI is InChI=1S/C47H28N4S/c1-2-12-29(13-3-1)30-23-25-31(26-24-30)43-44-38(20-11-27-48-44)49-47(50-43)32-14-10-15-33(28-32)51-39-21-8-6-18-36(39)41-34-16-4-5-17-35(34)42-37-19-7-9-22-40(37)52-46(42)45(41)51/h1-28H. The molecule has 0 saturated carbocycles. The minimum absolute atomic E-state index is 0.669. The fourth-order valence-corrected chi connectivity index (χ4v) is 9.19. The summed E-state index contributed by atoms with van der Waals surface area (Å²) in [5.41, 5.74) is 10.2. The Kier molecular flexibility index (Phi) is 6.39. The van der Waals surface area contributed by atoms with Crippen molar-refractivity contribution in [2.45, 2.75) is 0 Å². The van der Waals surface area contributed by atoms with Crippen LogP contribution in [-0.2, 0) is 0 Å². The van der Waals surface area contributed by atoms with Crippen LogP contribution in [0.4, 0.5) is 0 Å². The number of benzene rings is 7. The Balaban J connectivity index is 1.15. The molecule has 0 atom stereocenters. The molecule has 4 nitrogen and oxygen atoms in total. The summed E-state index contributed by atoms with van der Waals surface area (Å²) in [6, 6.07) is 58.1. The molecule has 52 heavy (non-hydrogen) atoms. The second kappa shape index (κ2) is 11.4. The third-order valence-electron chi connectivity index (χ3n) is 10.2. The number of fused-ring (bicyclic) bond motifs is 11. The van der Waals surface area contributed by atoms with E-state index in [1.54, 1.807) is 0 Å². The molecule has 0 amide bonds. The number of rotatable bonds is 4. The van der Waals surface area contributed by atoms with Crippen molar-refractivity contribution in [3.05, 3.63) is 170 Å². The van der Waals surface area contributed by atoms with Crippen LogP contribution in [-0.4, -0.2) is 19.5 Å². The lowest BCUT2D eigenvalue weighted by Gasteiger charge is -2.13. The Morgan fingerprint density at radius 1 is 0.481 bits per heavy atom. The number of aromatic nitrogens is 4. The first kappa shape index (κ1) is 29.1. The van der Waals surface area contributed by atoms with Crippen LogP contribution in [0.2, 0.25) is 0 Å². The van der Waals surface area contributed by atoms with E-state index in [1.807, 2.05) is 35.7 Å². The van der Waals surface area contributed by atoms with Gasteiger partial charge >= 0.3 is 0 Å². The second-order valence-corrected chi connectivity index (χ2v) is 14.2. The summed E-state index contributed by atoms with van der Waals surface area (Å²) >= 11 is 1.88. The highest BCUT2D eigenvalue weighted by atomic mass is 32.1. The molecule has 4 aromatic heterocycles. The normalized spacial score (nSPS) is 11.8. The van der Waals surface area contributed by atoms with Crippen LogP contribution in [0.25, 0.3) is 103 Å². The van der Waals surface area contributed by atoms with E-state index < -0.39 is 0 Å². The lowest BCUT2D eigenvalue weighted by atomic mass is 9.99. The Hall–Kier alpha value is -6.69. The number of hydrogen-bond acceptors (Lipinski definition) is 4. The fourth-order valence-electron chi connectivity index (χ4n) is 7.93. The lowest BCUT2D eigenvalue weighted by Crippen LogP contribution is -1.98. The Morgan fingerprint density at radius 3 is 2.00 bits per heavy atom. The largest absolute Gasteiger partial charge is 0.308 e. The van der Waals surface area contributed by atoms with Crippen molar-refractivity contribution >= 4 is 75.1 Å². The van der Waals surface area contributed by atoms with E-state index in [0.29, 0.717) is 5.82 Å². The maximum Gasteiger partial charge on any atom is 0.160 e. The summed E-state index contributed by atoms with van der Waals surface area (Å²) < 4.78 is 5.04. The van der Waals surface area contributed by atoms with Gasteiger partial charge in [-0.2, -0.15) is 0 Å². The van der Waals surface area contributed by atoms with E-state index in [4.69, 9.17) is 15.0 Å². The summed E-state index contributed by atoms with van der Waals surface area (Å²) in [7, 11) is 0. The van der Waals surface area contributed by atoms with Crippen molar-refractivity contribution < 1.29 is 0 Å². The first-order valence-corrected chi connectivity index (χ1v) is 18.3. The van der Waals surface area contributed by atoms with Gasteiger partial charge in [-0.25, -0.2) is 9.97 Å². The van der Waals surface area contributed by atoms with Crippen LogP contribution in [0.5, 0.6) is 0 Å². The third kappa shape index (κ3) is 4.36. The van der Waals surface area contributed by atoms with Crippen LogP contribution < -0.4 is 0 Å². The minimum Gasteiger partial charge on any atom is -0.308 e. The number of pyridine rings is 1. The highest BCUT2D eigenvalue weighted by Crippen LogP contribution is 2.48. The molecule has 4 heterocycles. The van der Waals surface area contributed by atoms with Gasteiger partial charge in [0.1, 0.15) is 11.2 Å². The molecule has 7 aromatic carbocycles. The van der Waals surface area contributed by atoms with Crippen LogP contribution >= 0.6 is 11.3 Å². The van der Waals surface area contributed by atoms with Crippen LogP contribution in [0.15, 0.2) is 170 Å². The van der Waals surface area contributed by atoms with Gasteiger partial charge in [0.25, 0.3) is 0 Å². The zero-order valence-corrected chi connectivity index (χ0v) is 28.7. The van der Waals surface area contributed by atoms with E-state index in [9.17, 15) is 0 Å². The molecule has 11 rings (SSSR count). The summed E-state index contributed by atoms with van der Waals surface area (Å²) in [4.78, 5) is 15.1. The zero-order valence-electron chi connectivity index (χ0n) is 27.9. The molecule has 0 saturated heterocycles. The average molecular weight is 681 g/mol. The van der Waals surface area contributed by atoms with Crippen LogP contribution in [0.3, 0.4) is 0 Å². The SMILES string of the molecule is c1ccc(-c2ccc(-c3nc(-c4cccc(-n5c6ccccc6c6c7ccccc7c7c8ccccc8sc7c65)c4)nc4cccnc34)cc2)cc1. The highest BCUT2D eigenvalue weighted by molar-refractivity contribution is 7.27. The highest BCUT2D eigenvalue weighted by Gasteiger charge is 2.22. The number of para-hydroxylation sites is 1. The molecular formula is C47H28N4S. The summed E-state index contributed by atoms with van der Waals surface area (Å²) in [5.74, 6) is 0.669. The van der Waals surface area contributed by atoms with Crippen molar-refractivity contribution in [1.82, 2.24) is 19.5 Å². The molecule has 0 aliphatic carbocycles. The number of hydrogen-bond donors (Lipinski definition) is 0. The molecule has 0 unspecified atom stereocenters. The van der Waals surface area contributed by atoms with Crippen molar-refractivity contribution in [2.24, 2.45) is 0 Å². The number of thiophene rings is 1. The van der Waals surface area contributed by atoms with E-state index in [0.717, 1.165) is 39.1 Å².